The van der Waals surface area contributed by atoms with Crippen molar-refractivity contribution in [1.29, 1.82) is 0 Å². The summed E-state index contributed by atoms with van der Waals surface area (Å²) in [5.41, 5.74) is 4.19. The lowest BCUT2D eigenvalue weighted by atomic mass is 9.86. The average molecular weight is 276 g/mol. The van der Waals surface area contributed by atoms with Crippen LogP contribution in [0.3, 0.4) is 0 Å². The van der Waals surface area contributed by atoms with E-state index in [1.54, 1.807) is 6.92 Å². The Bertz CT molecular complexity index is 474. The molecule has 0 bridgehead atoms. The van der Waals surface area contributed by atoms with Gasteiger partial charge in [0.2, 0.25) is 0 Å². The Kier molecular flexibility index (Phi) is 4.90. The third-order valence-electron chi connectivity index (χ3n) is 4.44. The lowest BCUT2D eigenvalue weighted by molar-refractivity contribution is -0.118. The molecule has 1 unspecified atom stereocenters. The third kappa shape index (κ3) is 2.92. The highest BCUT2D eigenvalue weighted by molar-refractivity contribution is 5.83. The maximum Gasteiger partial charge on any atom is 0.138 e. The number of rotatable bonds is 6. The van der Waals surface area contributed by atoms with Crippen LogP contribution in [0.5, 0.6) is 0 Å². The van der Waals surface area contributed by atoms with E-state index in [0.717, 1.165) is 25.7 Å². The number of Topliss-reactive ketones (excluding diaryl/α,β-unsaturated/α-hetero) is 1. The molecule has 0 aliphatic heterocycles. The molecule has 1 aliphatic rings. The van der Waals surface area contributed by atoms with Crippen molar-refractivity contribution in [2.45, 2.75) is 64.7 Å². The highest BCUT2D eigenvalue weighted by Crippen LogP contribution is 2.34. The molecule has 3 heteroatoms. The van der Waals surface area contributed by atoms with Crippen molar-refractivity contribution in [2.24, 2.45) is 0 Å². The number of carbonyl (C=O) groups excluding carboxylic acids is 1. The molecule has 0 saturated carbocycles. The van der Waals surface area contributed by atoms with E-state index in [9.17, 15) is 4.79 Å². The van der Waals surface area contributed by atoms with Crippen molar-refractivity contribution in [2.75, 3.05) is 19.1 Å². The first-order valence-corrected chi connectivity index (χ1v) is 7.97. The number of unbranched alkanes of at least 4 members (excludes halogenated alkanes) is 1. The van der Waals surface area contributed by atoms with Crippen LogP contribution in [0.4, 0.5) is 0 Å². The van der Waals surface area contributed by atoms with Crippen LogP contribution in [0, 0.1) is 0 Å². The lowest BCUT2D eigenvalue weighted by Gasteiger charge is -2.24. The zero-order valence-corrected chi connectivity index (χ0v) is 13.4. The van der Waals surface area contributed by atoms with Gasteiger partial charge in [-0.05, 0) is 50.2 Å². The van der Waals surface area contributed by atoms with Crippen LogP contribution in [0.1, 0.15) is 68.7 Å². The van der Waals surface area contributed by atoms with Crippen LogP contribution in [0.2, 0.25) is 0 Å². The maximum absolute atomic E-state index is 12.2. The molecule has 0 aromatic carbocycles. The summed E-state index contributed by atoms with van der Waals surface area (Å²) in [7, 11) is 4.12. The Morgan fingerprint density at radius 3 is 2.65 bits per heavy atom. The second kappa shape index (κ2) is 6.47. The first-order chi connectivity index (χ1) is 9.56. The third-order valence-corrected chi connectivity index (χ3v) is 4.44. The summed E-state index contributed by atoms with van der Waals surface area (Å²) in [4.78, 5) is 12.2. The van der Waals surface area contributed by atoms with E-state index in [0.29, 0.717) is 5.78 Å². The zero-order valence-electron chi connectivity index (χ0n) is 13.4. The first kappa shape index (κ1) is 15.1. The SMILES string of the molecule is CCCCC(C(C)=O)c1c2c(cn1N(C)C)CCCC2. The molecule has 1 atom stereocenters. The largest absolute Gasteiger partial charge is 0.319 e. The predicted octanol–water partition coefficient (Wildman–Crippen LogP) is 3.43. The van der Waals surface area contributed by atoms with E-state index in [4.69, 9.17) is 0 Å². The minimum absolute atomic E-state index is 0.0687. The van der Waals surface area contributed by atoms with Gasteiger partial charge in [-0.1, -0.05) is 19.8 Å². The molecule has 0 radical (unpaired) electrons. The normalized spacial score (nSPS) is 15.8. The summed E-state index contributed by atoms with van der Waals surface area (Å²) in [6.45, 7) is 3.94. The van der Waals surface area contributed by atoms with Gasteiger partial charge in [0.25, 0.3) is 0 Å². The summed E-state index contributed by atoms with van der Waals surface area (Å²) < 4.78 is 2.22. The van der Waals surface area contributed by atoms with Gasteiger partial charge in [0.15, 0.2) is 0 Å². The van der Waals surface area contributed by atoms with Crippen LogP contribution in [0.25, 0.3) is 0 Å². The number of hydrogen-bond acceptors (Lipinski definition) is 2. The summed E-state index contributed by atoms with van der Waals surface area (Å²) in [6, 6.07) is 0. The van der Waals surface area contributed by atoms with E-state index >= 15 is 0 Å². The van der Waals surface area contributed by atoms with E-state index in [1.807, 2.05) is 0 Å². The summed E-state index contributed by atoms with van der Waals surface area (Å²) in [5.74, 6) is 0.382. The molecule has 0 spiro atoms. The quantitative estimate of drug-likeness (QED) is 0.795. The van der Waals surface area contributed by atoms with E-state index < -0.39 is 0 Å². The number of ketones is 1. The number of aryl methyl sites for hydroxylation is 1. The van der Waals surface area contributed by atoms with Gasteiger partial charge in [-0.15, -0.1) is 0 Å². The second-order valence-electron chi connectivity index (χ2n) is 6.22. The highest BCUT2D eigenvalue weighted by Gasteiger charge is 2.28. The molecular weight excluding hydrogens is 248 g/mol. The number of carbonyl (C=O) groups is 1. The lowest BCUT2D eigenvalue weighted by Crippen LogP contribution is -2.29. The van der Waals surface area contributed by atoms with Gasteiger partial charge in [-0.2, -0.15) is 0 Å². The Morgan fingerprint density at radius 1 is 1.35 bits per heavy atom. The molecular formula is C17H28N2O. The molecule has 0 amide bonds. The zero-order chi connectivity index (χ0) is 14.7. The summed E-state index contributed by atoms with van der Waals surface area (Å²) in [5, 5.41) is 2.11. The van der Waals surface area contributed by atoms with Gasteiger partial charge in [0.1, 0.15) is 5.78 Å². The highest BCUT2D eigenvalue weighted by atomic mass is 16.1. The molecule has 2 rings (SSSR count). The molecule has 0 N–H and O–H groups in total. The maximum atomic E-state index is 12.2. The molecule has 1 aromatic rings. The van der Waals surface area contributed by atoms with Gasteiger partial charge < -0.3 is 5.01 Å². The van der Waals surface area contributed by atoms with Gasteiger partial charge in [0.05, 0.1) is 11.6 Å². The molecule has 0 fully saturated rings. The Morgan fingerprint density at radius 2 is 2.05 bits per heavy atom. The molecule has 0 saturated heterocycles. The number of fused-ring (bicyclic) bond motifs is 1. The van der Waals surface area contributed by atoms with Crippen molar-refractivity contribution in [3.63, 3.8) is 0 Å². The van der Waals surface area contributed by atoms with Gasteiger partial charge in [-0.3, -0.25) is 9.47 Å². The van der Waals surface area contributed by atoms with Crippen molar-refractivity contribution in [3.05, 3.63) is 23.0 Å². The Labute approximate surface area is 122 Å². The molecule has 3 nitrogen and oxygen atoms in total. The Balaban J connectivity index is 2.45. The average Bonchev–Trinajstić information content (AvgIpc) is 2.79. The Hall–Kier alpha value is -1.25. The molecule has 1 heterocycles. The fourth-order valence-corrected chi connectivity index (χ4v) is 3.36. The van der Waals surface area contributed by atoms with E-state index in [-0.39, 0.29) is 5.92 Å². The van der Waals surface area contributed by atoms with E-state index in [2.05, 4.69) is 36.9 Å². The minimum atomic E-state index is 0.0687. The second-order valence-corrected chi connectivity index (χ2v) is 6.22. The smallest absolute Gasteiger partial charge is 0.138 e. The van der Waals surface area contributed by atoms with Crippen LogP contribution in [0.15, 0.2) is 6.20 Å². The minimum Gasteiger partial charge on any atom is -0.319 e. The summed E-state index contributed by atoms with van der Waals surface area (Å²) >= 11 is 0. The van der Waals surface area contributed by atoms with Crippen LogP contribution >= 0.6 is 0 Å². The number of nitrogens with zero attached hydrogens (tertiary/aromatic N) is 2. The van der Waals surface area contributed by atoms with Crippen LogP contribution in [-0.2, 0) is 17.6 Å². The van der Waals surface area contributed by atoms with Gasteiger partial charge >= 0.3 is 0 Å². The fourth-order valence-electron chi connectivity index (χ4n) is 3.36. The van der Waals surface area contributed by atoms with Crippen molar-refractivity contribution in [3.8, 4) is 0 Å². The first-order valence-electron chi connectivity index (χ1n) is 7.97. The predicted molar refractivity (Wildman–Crippen MR) is 84.1 cm³/mol. The molecule has 1 aromatic heterocycles. The molecule has 20 heavy (non-hydrogen) atoms. The standard InChI is InChI=1S/C17H28N2O/c1-5-6-10-15(13(2)20)17-16-11-8-7-9-14(16)12-19(17)18(3)4/h12,15H,5-11H2,1-4H3. The van der Waals surface area contributed by atoms with E-state index in [1.165, 1.54) is 36.1 Å². The fraction of sp³-hybridized carbons (Fsp3) is 0.706. The van der Waals surface area contributed by atoms with Gasteiger partial charge in [-0.25, -0.2) is 0 Å². The summed E-state index contributed by atoms with van der Waals surface area (Å²) in [6.07, 6.45) is 10.4. The monoisotopic (exact) mass is 276 g/mol. The van der Waals surface area contributed by atoms with Crippen LogP contribution in [-0.4, -0.2) is 24.6 Å². The topological polar surface area (TPSA) is 25.2 Å². The van der Waals surface area contributed by atoms with Gasteiger partial charge in [0, 0.05) is 20.3 Å². The van der Waals surface area contributed by atoms with Crippen molar-refractivity contribution < 1.29 is 4.79 Å². The van der Waals surface area contributed by atoms with Crippen molar-refractivity contribution >= 4 is 5.78 Å². The number of hydrogen-bond donors (Lipinski definition) is 0. The van der Waals surface area contributed by atoms with Crippen molar-refractivity contribution in [1.82, 2.24) is 4.68 Å². The van der Waals surface area contributed by atoms with Crippen LogP contribution < -0.4 is 5.01 Å². The molecule has 1 aliphatic carbocycles. The molecule has 112 valence electrons. The number of aromatic nitrogens is 1.